The lowest BCUT2D eigenvalue weighted by Gasteiger charge is -2.52. The first-order valence-corrected chi connectivity index (χ1v) is 11.0. The van der Waals surface area contributed by atoms with Crippen molar-refractivity contribution in [1.82, 2.24) is 25.1 Å². The number of hydrogen-bond acceptors (Lipinski definition) is 4. The number of nitrogens with zero attached hydrogens (tertiary/aromatic N) is 3. The van der Waals surface area contributed by atoms with Gasteiger partial charge in [-0.3, -0.25) is 4.79 Å². The van der Waals surface area contributed by atoms with Crippen LogP contribution in [-0.4, -0.2) is 64.9 Å². The van der Waals surface area contributed by atoms with Gasteiger partial charge < -0.3 is 20.1 Å². The number of rotatable bonds is 3. The van der Waals surface area contributed by atoms with E-state index in [4.69, 9.17) is 4.98 Å². The number of carbonyl (C=O) groups excluding carboxylic acids is 1. The van der Waals surface area contributed by atoms with Crippen LogP contribution in [-0.2, 0) is 16.8 Å². The van der Waals surface area contributed by atoms with Crippen molar-refractivity contribution in [2.45, 2.75) is 44.1 Å². The zero-order valence-corrected chi connectivity index (χ0v) is 16.1. The van der Waals surface area contributed by atoms with Crippen molar-refractivity contribution in [3.63, 3.8) is 0 Å². The monoisotopic (exact) mass is 369 g/mol. The van der Waals surface area contributed by atoms with Gasteiger partial charge >= 0.3 is 0 Å². The highest BCUT2D eigenvalue weighted by atomic mass is 16.2. The number of fused-ring (bicyclic) bond motifs is 3. The molecule has 2 aliphatic carbocycles. The molecular weight excluding hydrogens is 338 g/mol. The molecule has 0 radical (unpaired) electrons. The van der Waals surface area contributed by atoms with E-state index in [1.54, 1.807) is 0 Å². The molecule has 1 spiro atoms. The highest BCUT2D eigenvalue weighted by Gasteiger charge is 2.54. The Morgan fingerprint density at radius 1 is 1.19 bits per heavy atom. The van der Waals surface area contributed by atoms with Gasteiger partial charge in [0.05, 0.1) is 17.6 Å². The number of hydrogen-bond donors (Lipinski definition) is 2. The van der Waals surface area contributed by atoms with E-state index in [9.17, 15) is 4.79 Å². The molecule has 146 valence electrons. The third-order valence-electron chi connectivity index (χ3n) is 8.40. The van der Waals surface area contributed by atoms with Crippen molar-refractivity contribution in [3.8, 4) is 0 Å². The van der Waals surface area contributed by atoms with E-state index in [1.807, 2.05) is 6.33 Å². The smallest absolute Gasteiger partial charge is 0.226 e. The van der Waals surface area contributed by atoms with Crippen LogP contribution in [0, 0.1) is 23.7 Å². The fourth-order valence-corrected chi connectivity index (χ4v) is 6.40. The topological polar surface area (TPSA) is 64.3 Å². The van der Waals surface area contributed by atoms with Gasteiger partial charge in [0.1, 0.15) is 0 Å². The lowest BCUT2D eigenvalue weighted by Crippen LogP contribution is -2.60. The fourth-order valence-electron chi connectivity index (χ4n) is 6.40. The second-order valence-electron chi connectivity index (χ2n) is 9.58. The predicted octanol–water partition coefficient (Wildman–Crippen LogP) is 1.35. The molecule has 6 heteroatoms. The largest absolute Gasteiger partial charge is 0.348 e. The fraction of sp³-hybridized carbons (Fsp3) is 0.810. The van der Waals surface area contributed by atoms with Gasteiger partial charge in [0.15, 0.2) is 0 Å². The summed E-state index contributed by atoms with van der Waals surface area (Å²) >= 11 is 0. The van der Waals surface area contributed by atoms with E-state index in [2.05, 4.69) is 20.1 Å². The Balaban J connectivity index is 1.21. The highest BCUT2D eigenvalue weighted by molar-refractivity contribution is 5.81. The molecule has 27 heavy (non-hydrogen) atoms. The summed E-state index contributed by atoms with van der Waals surface area (Å²) in [6.07, 6.45) is 8.25. The normalized spacial score (nSPS) is 35.0. The minimum absolute atomic E-state index is 0.155. The van der Waals surface area contributed by atoms with Gasteiger partial charge in [-0.15, -0.1) is 0 Å². The average Bonchev–Trinajstić information content (AvgIpc) is 3.04. The number of amides is 1. The van der Waals surface area contributed by atoms with E-state index in [0.29, 0.717) is 5.91 Å². The maximum Gasteiger partial charge on any atom is 0.226 e. The zero-order chi connectivity index (χ0) is 18.0. The summed E-state index contributed by atoms with van der Waals surface area (Å²) in [7, 11) is 0. The van der Waals surface area contributed by atoms with Gasteiger partial charge in [-0.1, -0.05) is 6.42 Å². The molecule has 1 aromatic heterocycles. The molecule has 5 aliphatic rings. The van der Waals surface area contributed by atoms with Gasteiger partial charge in [0.2, 0.25) is 5.91 Å². The van der Waals surface area contributed by atoms with E-state index < -0.39 is 0 Å². The molecule has 0 aromatic carbocycles. The van der Waals surface area contributed by atoms with Crippen LogP contribution in [0.3, 0.4) is 0 Å². The van der Waals surface area contributed by atoms with Gasteiger partial charge in [0, 0.05) is 44.2 Å². The number of carbonyl (C=O) groups is 1. The molecule has 1 amide bonds. The molecule has 0 bridgehead atoms. The molecule has 3 atom stereocenters. The van der Waals surface area contributed by atoms with Crippen molar-refractivity contribution in [1.29, 1.82) is 0 Å². The molecule has 6 nitrogen and oxygen atoms in total. The quantitative estimate of drug-likeness (QED) is 0.844. The number of imidazole rings is 1. The first kappa shape index (κ1) is 16.5. The molecular formula is C21H31N5O. The Morgan fingerprint density at radius 3 is 2.67 bits per heavy atom. The van der Waals surface area contributed by atoms with Gasteiger partial charge in [-0.05, 0) is 56.5 Å². The van der Waals surface area contributed by atoms with Crippen molar-refractivity contribution in [2.24, 2.45) is 23.7 Å². The van der Waals surface area contributed by atoms with Crippen LogP contribution in [0.2, 0.25) is 0 Å². The lowest BCUT2D eigenvalue weighted by atomic mass is 9.76. The Labute approximate surface area is 161 Å². The summed E-state index contributed by atoms with van der Waals surface area (Å²) in [6.45, 7) is 6.79. The highest BCUT2D eigenvalue weighted by Crippen LogP contribution is 2.50. The Bertz CT molecular complexity index is 723. The van der Waals surface area contributed by atoms with E-state index in [0.717, 1.165) is 69.5 Å². The summed E-state index contributed by atoms with van der Waals surface area (Å²) in [4.78, 5) is 26.3. The van der Waals surface area contributed by atoms with E-state index in [1.165, 1.54) is 37.4 Å². The standard InChI is InChI=1S/C21H31N5O/c27-20(14-2-1-3-14)26-7-4-18-19(24-13-23-18)21(26)5-8-25(9-6-21)12-17-15-10-22-11-16(15)17/h13-17,22H,1-12H2,(H,23,24)/t15-,16+,17?. The van der Waals surface area contributed by atoms with Crippen molar-refractivity contribution >= 4 is 5.91 Å². The first-order chi connectivity index (χ1) is 13.3. The van der Waals surface area contributed by atoms with Crippen LogP contribution in [0.25, 0.3) is 0 Å². The van der Waals surface area contributed by atoms with Crippen molar-refractivity contribution < 1.29 is 4.79 Å². The van der Waals surface area contributed by atoms with Crippen LogP contribution in [0.4, 0.5) is 0 Å². The molecule has 4 heterocycles. The predicted molar refractivity (Wildman–Crippen MR) is 102 cm³/mol. The maximum atomic E-state index is 13.3. The van der Waals surface area contributed by atoms with Crippen LogP contribution in [0.1, 0.15) is 43.5 Å². The van der Waals surface area contributed by atoms with Crippen LogP contribution >= 0.6 is 0 Å². The maximum absolute atomic E-state index is 13.3. The number of likely N-dealkylation sites (tertiary alicyclic amines) is 1. The number of piperidine rings is 2. The summed E-state index contributed by atoms with van der Waals surface area (Å²) in [5.74, 6) is 3.47. The molecule has 4 fully saturated rings. The number of aromatic amines is 1. The minimum Gasteiger partial charge on any atom is -0.348 e. The van der Waals surface area contributed by atoms with Gasteiger partial charge in [-0.25, -0.2) is 4.98 Å². The number of nitrogens with one attached hydrogen (secondary N) is 2. The molecule has 2 N–H and O–H groups in total. The van der Waals surface area contributed by atoms with Crippen LogP contribution < -0.4 is 5.32 Å². The second-order valence-corrected chi connectivity index (χ2v) is 9.58. The third kappa shape index (κ3) is 2.45. The Kier molecular flexibility index (Phi) is 3.71. The van der Waals surface area contributed by atoms with Gasteiger partial charge in [-0.2, -0.15) is 0 Å². The summed E-state index contributed by atoms with van der Waals surface area (Å²) in [5.41, 5.74) is 2.29. The Morgan fingerprint density at radius 2 is 1.96 bits per heavy atom. The number of H-pyrrole nitrogens is 1. The van der Waals surface area contributed by atoms with Crippen LogP contribution in [0.5, 0.6) is 0 Å². The first-order valence-electron chi connectivity index (χ1n) is 11.0. The summed E-state index contributed by atoms with van der Waals surface area (Å²) in [5, 5.41) is 3.51. The number of aromatic nitrogens is 2. The van der Waals surface area contributed by atoms with Crippen molar-refractivity contribution in [3.05, 3.63) is 17.7 Å². The lowest BCUT2D eigenvalue weighted by molar-refractivity contribution is -0.149. The molecule has 1 unspecified atom stereocenters. The Hall–Kier alpha value is -1.40. The minimum atomic E-state index is -0.155. The molecule has 2 saturated carbocycles. The zero-order valence-electron chi connectivity index (χ0n) is 16.1. The summed E-state index contributed by atoms with van der Waals surface area (Å²) in [6, 6.07) is 0. The van der Waals surface area contributed by atoms with Gasteiger partial charge in [0.25, 0.3) is 0 Å². The van der Waals surface area contributed by atoms with Crippen molar-refractivity contribution in [2.75, 3.05) is 39.3 Å². The SMILES string of the molecule is O=C(C1CCC1)N1CCc2[nH]cnc2C12CCN(CC1[C@H]3CNC[C@@H]13)CC2. The third-order valence-corrected chi connectivity index (χ3v) is 8.40. The average molecular weight is 370 g/mol. The molecule has 3 aliphatic heterocycles. The second kappa shape index (κ2) is 6.05. The van der Waals surface area contributed by atoms with E-state index >= 15 is 0 Å². The molecule has 2 saturated heterocycles. The summed E-state index contributed by atoms with van der Waals surface area (Å²) < 4.78 is 0. The van der Waals surface area contributed by atoms with Crippen LogP contribution in [0.15, 0.2) is 6.33 Å². The molecule has 6 rings (SSSR count). The molecule has 1 aromatic rings. The van der Waals surface area contributed by atoms with E-state index in [-0.39, 0.29) is 11.5 Å².